The summed E-state index contributed by atoms with van der Waals surface area (Å²) in [5.74, 6) is -0.481. The molecule has 2 rings (SSSR count). The number of hydrogen-bond acceptors (Lipinski definition) is 6. The van der Waals surface area contributed by atoms with Crippen molar-refractivity contribution in [3.8, 4) is 0 Å². The third-order valence-electron chi connectivity index (χ3n) is 4.29. The van der Waals surface area contributed by atoms with E-state index >= 15 is 0 Å². The number of hydrogen-bond donors (Lipinski definition) is 2. The van der Waals surface area contributed by atoms with Crippen molar-refractivity contribution >= 4 is 23.6 Å². The lowest BCUT2D eigenvalue weighted by Crippen LogP contribution is -2.57. The fourth-order valence-electron chi connectivity index (χ4n) is 2.84. The van der Waals surface area contributed by atoms with Crippen LogP contribution in [0.15, 0.2) is 0 Å². The maximum absolute atomic E-state index is 13.2. The van der Waals surface area contributed by atoms with Crippen LogP contribution < -0.4 is 10.6 Å². The molecule has 0 aromatic carbocycles. The molecule has 0 bridgehead atoms. The van der Waals surface area contributed by atoms with Crippen LogP contribution in [0.5, 0.6) is 0 Å². The highest BCUT2D eigenvalue weighted by molar-refractivity contribution is 8.00. The Hall–Kier alpha value is -1.04. The van der Waals surface area contributed by atoms with Crippen LogP contribution in [0.1, 0.15) is 0 Å². The molecule has 26 heavy (non-hydrogen) atoms. The summed E-state index contributed by atoms with van der Waals surface area (Å²) in [6, 6.07) is -1.69. The number of halogens is 3. The molecule has 150 valence electrons. The van der Waals surface area contributed by atoms with Gasteiger partial charge in [0.2, 0.25) is 11.8 Å². The highest BCUT2D eigenvalue weighted by atomic mass is 32.2. The van der Waals surface area contributed by atoms with E-state index in [9.17, 15) is 22.8 Å². The SMILES string of the molecule is O=C(CSCC(=O)N1CCOCC1)NCC(N1CCNCC1)C(F)(F)F. The number of ether oxygens (including phenoxy) is 1. The van der Waals surface area contributed by atoms with Crippen LogP contribution in [-0.2, 0) is 14.3 Å². The lowest BCUT2D eigenvalue weighted by atomic mass is 10.2. The zero-order valence-electron chi connectivity index (χ0n) is 14.5. The number of carbonyl (C=O) groups excluding carboxylic acids is 2. The number of thioether (sulfide) groups is 1. The van der Waals surface area contributed by atoms with Crippen LogP contribution in [0.4, 0.5) is 13.2 Å². The zero-order valence-corrected chi connectivity index (χ0v) is 15.3. The first kappa shape index (κ1) is 21.3. The van der Waals surface area contributed by atoms with Crippen molar-refractivity contribution in [3.05, 3.63) is 0 Å². The van der Waals surface area contributed by atoms with Crippen molar-refractivity contribution in [2.24, 2.45) is 0 Å². The summed E-state index contributed by atoms with van der Waals surface area (Å²) >= 11 is 1.11. The van der Waals surface area contributed by atoms with E-state index in [4.69, 9.17) is 4.74 Å². The molecule has 11 heteroatoms. The fourth-order valence-corrected chi connectivity index (χ4v) is 3.59. The smallest absolute Gasteiger partial charge is 0.378 e. The number of morpholine rings is 1. The maximum atomic E-state index is 13.2. The second-order valence-corrected chi connectivity index (χ2v) is 7.12. The lowest BCUT2D eigenvalue weighted by Gasteiger charge is -2.35. The Morgan fingerprint density at radius 2 is 1.77 bits per heavy atom. The number of amides is 2. The van der Waals surface area contributed by atoms with Gasteiger partial charge in [0.25, 0.3) is 0 Å². The second kappa shape index (κ2) is 10.3. The van der Waals surface area contributed by atoms with Crippen molar-refractivity contribution in [2.45, 2.75) is 12.2 Å². The van der Waals surface area contributed by atoms with Gasteiger partial charge in [-0.3, -0.25) is 14.5 Å². The molecule has 2 aliphatic heterocycles. The average molecular weight is 398 g/mol. The first-order valence-electron chi connectivity index (χ1n) is 8.59. The minimum Gasteiger partial charge on any atom is -0.378 e. The van der Waals surface area contributed by atoms with Gasteiger partial charge in [-0.15, -0.1) is 11.8 Å². The third-order valence-corrected chi connectivity index (χ3v) is 5.20. The molecule has 2 aliphatic rings. The summed E-state index contributed by atoms with van der Waals surface area (Å²) in [5, 5.41) is 5.36. The van der Waals surface area contributed by atoms with Gasteiger partial charge in [-0.25, -0.2) is 0 Å². The van der Waals surface area contributed by atoms with Crippen LogP contribution in [0.3, 0.4) is 0 Å². The molecule has 1 unspecified atom stereocenters. The molecule has 2 fully saturated rings. The van der Waals surface area contributed by atoms with Crippen LogP contribution in [0.25, 0.3) is 0 Å². The molecule has 2 amide bonds. The van der Waals surface area contributed by atoms with Gasteiger partial charge >= 0.3 is 6.18 Å². The summed E-state index contributed by atoms with van der Waals surface area (Å²) in [7, 11) is 0. The van der Waals surface area contributed by atoms with Crippen molar-refractivity contribution in [2.75, 3.05) is 70.5 Å². The van der Waals surface area contributed by atoms with Crippen LogP contribution in [0, 0.1) is 0 Å². The lowest BCUT2D eigenvalue weighted by molar-refractivity contribution is -0.183. The first-order valence-corrected chi connectivity index (χ1v) is 9.75. The van der Waals surface area contributed by atoms with Crippen molar-refractivity contribution in [3.63, 3.8) is 0 Å². The van der Waals surface area contributed by atoms with Gasteiger partial charge in [0, 0.05) is 45.8 Å². The third kappa shape index (κ3) is 6.93. The van der Waals surface area contributed by atoms with E-state index in [1.54, 1.807) is 4.90 Å². The number of alkyl halides is 3. The van der Waals surface area contributed by atoms with Gasteiger partial charge in [0.1, 0.15) is 6.04 Å². The summed E-state index contributed by atoms with van der Waals surface area (Å²) in [6.07, 6.45) is -4.40. The maximum Gasteiger partial charge on any atom is 0.405 e. The Balaban J connectivity index is 1.69. The van der Waals surface area contributed by atoms with Gasteiger partial charge in [-0.2, -0.15) is 13.2 Å². The second-order valence-electron chi connectivity index (χ2n) is 6.13. The molecule has 2 heterocycles. The number of carbonyl (C=O) groups is 2. The van der Waals surface area contributed by atoms with Crippen molar-refractivity contribution < 1.29 is 27.5 Å². The molecule has 2 N–H and O–H groups in total. The molecule has 0 saturated carbocycles. The van der Waals surface area contributed by atoms with Gasteiger partial charge in [-0.1, -0.05) is 0 Å². The predicted octanol–water partition coefficient (Wildman–Crippen LogP) is -0.469. The zero-order chi connectivity index (χ0) is 19.0. The predicted molar refractivity (Wildman–Crippen MR) is 92.0 cm³/mol. The fraction of sp³-hybridized carbons (Fsp3) is 0.867. The molecule has 0 aromatic heterocycles. The monoisotopic (exact) mass is 398 g/mol. The van der Waals surface area contributed by atoms with Crippen LogP contribution in [-0.4, -0.2) is 104 Å². The number of rotatable bonds is 7. The molecule has 2 saturated heterocycles. The Morgan fingerprint density at radius 1 is 1.12 bits per heavy atom. The molecule has 7 nitrogen and oxygen atoms in total. The Bertz CT molecular complexity index is 470. The largest absolute Gasteiger partial charge is 0.405 e. The highest BCUT2D eigenvalue weighted by Gasteiger charge is 2.43. The minimum atomic E-state index is -4.40. The number of nitrogens with zero attached hydrogens (tertiary/aromatic N) is 2. The molecular formula is C15H25F3N4O3S. The molecule has 0 aliphatic carbocycles. The van der Waals surface area contributed by atoms with E-state index in [-0.39, 0.29) is 17.4 Å². The highest BCUT2D eigenvalue weighted by Crippen LogP contribution is 2.24. The summed E-state index contributed by atoms with van der Waals surface area (Å²) < 4.78 is 44.9. The number of piperazine rings is 1. The van der Waals surface area contributed by atoms with Crippen molar-refractivity contribution in [1.29, 1.82) is 0 Å². The Morgan fingerprint density at radius 3 is 2.38 bits per heavy atom. The average Bonchev–Trinajstić information content (AvgIpc) is 2.62. The Labute approximate surface area is 155 Å². The van der Waals surface area contributed by atoms with Gasteiger partial charge in [0.05, 0.1) is 24.7 Å². The first-order chi connectivity index (χ1) is 12.4. The van der Waals surface area contributed by atoms with E-state index < -0.39 is 24.7 Å². The standard InChI is InChI=1S/C15H25F3N4O3S/c16-15(17,18)12(21-3-1-19-2-4-21)9-20-13(23)10-26-11-14(24)22-5-7-25-8-6-22/h12,19H,1-11H2,(H,20,23). The quantitative estimate of drug-likeness (QED) is 0.604. The molecule has 0 spiro atoms. The van der Waals surface area contributed by atoms with Crippen LogP contribution >= 0.6 is 11.8 Å². The summed E-state index contributed by atoms with van der Waals surface area (Å²) in [6.45, 7) is 3.18. The Kier molecular flexibility index (Phi) is 8.45. The van der Waals surface area contributed by atoms with Crippen LogP contribution in [0.2, 0.25) is 0 Å². The van der Waals surface area contributed by atoms with E-state index in [1.807, 2.05) is 0 Å². The molecule has 1 atom stereocenters. The van der Waals surface area contributed by atoms with E-state index in [1.165, 1.54) is 4.90 Å². The summed E-state index contributed by atoms with van der Waals surface area (Å²) in [5.41, 5.74) is 0. The van der Waals surface area contributed by atoms with E-state index in [2.05, 4.69) is 10.6 Å². The minimum absolute atomic E-state index is 0.0395. The normalized spacial score (nSPS) is 20.7. The van der Waals surface area contributed by atoms with Gasteiger partial charge in [0.15, 0.2) is 0 Å². The molecule has 0 aromatic rings. The molecule has 0 radical (unpaired) electrons. The number of nitrogens with one attached hydrogen (secondary N) is 2. The van der Waals surface area contributed by atoms with E-state index in [0.29, 0.717) is 52.5 Å². The van der Waals surface area contributed by atoms with Crippen molar-refractivity contribution in [1.82, 2.24) is 20.4 Å². The van der Waals surface area contributed by atoms with Gasteiger partial charge < -0.3 is 20.3 Å². The summed E-state index contributed by atoms with van der Waals surface area (Å²) in [4.78, 5) is 26.8. The van der Waals surface area contributed by atoms with Gasteiger partial charge in [-0.05, 0) is 0 Å². The van der Waals surface area contributed by atoms with E-state index in [0.717, 1.165) is 11.8 Å². The topological polar surface area (TPSA) is 73.9 Å². The molecular weight excluding hydrogens is 373 g/mol.